The molecule has 2 aromatic carbocycles. The van der Waals surface area contributed by atoms with E-state index in [1.165, 1.54) is 47.3 Å². The smallest absolute Gasteiger partial charge is 0.277 e. The van der Waals surface area contributed by atoms with E-state index >= 15 is 0 Å². The number of halogens is 3. The van der Waals surface area contributed by atoms with E-state index in [0.717, 1.165) is 12.1 Å². The molecule has 1 aliphatic heterocycles. The van der Waals surface area contributed by atoms with Crippen LogP contribution in [-0.4, -0.2) is 33.8 Å². The summed E-state index contributed by atoms with van der Waals surface area (Å²) in [4.78, 5) is 41.3. The van der Waals surface area contributed by atoms with Crippen LogP contribution in [0.5, 0.6) is 5.75 Å². The van der Waals surface area contributed by atoms with Crippen LogP contribution in [0.25, 0.3) is 5.69 Å². The van der Waals surface area contributed by atoms with Crippen molar-refractivity contribution in [3.8, 4) is 11.4 Å². The molecule has 0 bridgehead atoms. The predicted molar refractivity (Wildman–Crippen MR) is 139 cm³/mol. The molecule has 0 radical (unpaired) electrons. The summed E-state index contributed by atoms with van der Waals surface area (Å²) < 4.78 is 34.1. The Bertz CT molecular complexity index is 1500. The third-order valence-corrected chi connectivity index (χ3v) is 6.39. The SMILES string of the molecule is CC(=O)N1CN(C(=O)CC(C)(C)O)c2cc(-n3c(C)cc(OCc4ccc(F)cc4F)c(Cl)c3=O)ccc21. The highest BCUT2D eigenvalue weighted by molar-refractivity contribution is 6.31. The van der Waals surface area contributed by atoms with Crippen LogP contribution in [0.1, 0.15) is 38.4 Å². The number of ether oxygens (including phenoxy) is 1. The molecule has 11 heteroatoms. The Balaban J connectivity index is 1.70. The van der Waals surface area contributed by atoms with E-state index in [1.54, 1.807) is 25.1 Å². The molecule has 0 atom stereocenters. The molecule has 2 amide bonds. The zero-order chi connectivity index (χ0) is 27.9. The van der Waals surface area contributed by atoms with E-state index < -0.39 is 28.7 Å². The second-order valence-electron chi connectivity index (χ2n) is 9.70. The molecule has 0 aliphatic carbocycles. The first kappa shape index (κ1) is 27.3. The van der Waals surface area contributed by atoms with Gasteiger partial charge >= 0.3 is 0 Å². The van der Waals surface area contributed by atoms with Gasteiger partial charge in [0.05, 0.1) is 29.1 Å². The van der Waals surface area contributed by atoms with Crippen LogP contribution in [0, 0.1) is 18.6 Å². The van der Waals surface area contributed by atoms with Crippen LogP contribution in [0.4, 0.5) is 20.2 Å². The number of amides is 2. The molecule has 0 fully saturated rings. The van der Waals surface area contributed by atoms with Crippen molar-refractivity contribution in [3.05, 3.63) is 80.7 Å². The molecule has 2 heterocycles. The Morgan fingerprint density at radius 1 is 1.08 bits per heavy atom. The van der Waals surface area contributed by atoms with E-state index in [-0.39, 0.29) is 41.9 Å². The molecule has 8 nitrogen and oxygen atoms in total. The number of nitrogens with zero attached hydrogens (tertiary/aromatic N) is 3. The molecule has 0 unspecified atom stereocenters. The highest BCUT2D eigenvalue weighted by Gasteiger charge is 2.34. The van der Waals surface area contributed by atoms with Crippen molar-refractivity contribution >= 4 is 34.8 Å². The summed E-state index contributed by atoms with van der Waals surface area (Å²) in [6.07, 6.45) is -0.173. The van der Waals surface area contributed by atoms with E-state index in [0.29, 0.717) is 22.8 Å². The van der Waals surface area contributed by atoms with Gasteiger partial charge in [-0.1, -0.05) is 11.6 Å². The van der Waals surface area contributed by atoms with Gasteiger partial charge in [-0.25, -0.2) is 8.78 Å². The fraction of sp³-hybridized carbons (Fsp3) is 0.296. The second-order valence-corrected chi connectivity index (χ2v) is 10.1. The monoisotopic (exact) mass is 545 g/mol. The molecule has 4 rings (SSSR count). The molecular formula is C27H26ClF2N3O5. The first-order valence-electron chi connectivity index (χ1n) is 11.7. The van der Waals surface area contributed by atoms with E-state index in [4.69, 9.17) is 16.3 Å². The Morgan fingerprint density at radius 2 is 1.79 bits per heavy atom. The third kappa shape index (κ3) is 5.41. The molecule has 1 N–H and O–H groups in total. The van der Waals surface area contributed by atoms with Crippen molar-refractivity contribution in [2.24, 2.45) is 0 Å². The Labute approximate surface area is 222 Å². The minimum Gasteiger partial charge on any atom is -0.487 e. The topological polar surface area (TPSA) is 92.1 Å². The van der Waals surface area contributed by atoms with Crippen molar-refractivity contribution in [2.75, 3.05) is 16.5 Å². The molecule has 1 aromatic heterocycles. The molecule has 200 valence electrons. The zero-order valence-corrected chi connectivity index (χ0v) is 22.0. The van der Waals surface area contributed by atoms with Gasteiger partial charge in [-0.3, -0.25) is 28.8 Å². The number of hydrogen-bond donors (Lipinski definition) is 1. The molecule has 0 saturated carbocycles. The standard InChI is InChI=1S/C27H26ClF2N3O5/c1-15-9-23(38-13-17-5-6-18(29)10-20(17)30)25(28)26(36)33(15)19-7-8-21-22(11-19)32(14-31(21)16(2)34)24(35)12-27(3,4)37/h5-11,37H,12-14H2,1-4H3. The summed E-state index contributed by atoms with van der Waals surface area (Å²) >= 11 is 6.33. The summed E-state index contributed by atoms with van der Waals surface area (Å²) in [6, 6.07) is 9.44. The van der Waals surface area contributed by atoms with Crippen molar-refractivity contribution in [1.82, 2.24) is 4.57 Å². The Hall–Kier alpha value is -3.76. The van der Waals surface area contributed by atoms with E-state index in [1.807, 2.05) is 0 Å². The third-order valence-electron chi connectivity index (χ3n) is 6.04. The Kier molecular flexibility index (Phi) is 7.31. The van der Waals surface area contributed by atoms with Gasteiger partial charge in [-0.15, -0.1) is 0 Å². The largest absolute Gasteiger partial charge is 0.487 e. The van der Waals surface area contributed by atoms with Crippen molar-refractivity contribution < 1.29 is 28.2 Å². The fourth-order valence-corrected chi connectivity index (χ4v) is 4.43. The van der Waals surface area contributed by atoms with E-state index in [9.17, 15) is 28.3 Å². The number of anilines is 2. The normalized spacial score (nSPS) is 13.1. The summed E-state index contributed by atoms with van der Waals surface area (Å²) in [7, 11) is 0. The fourth-order valence-electron chi connectivity index (χ4n) is 4.24. The van der Waals surface area contributed by atoms with Gasteiger partial charge in [0.1, 0.15) is 35.7 Å². The molecule has 0 saturated heterocycles. The summed E-state index contributed by atoms with van der Waals surface area (Å²) in [5, 5.41) is 9.89. The quantitative estimate of drug-likeness (QED) is 0.493. The molecule has 0 spiro atoms. The minimum absolute atomic E-state index is 0.0234. The van der Waals surface area contributed by atoms with Crippen LogP contribution in [0.15, 0.2) is 47.3 Å². The lowest BCUT2D eigenvalue weighted by Crippen LogP contribution is -2.40. The van der Waals surface area contributed by atoms with Crippen LogP contribution < -0.4 is 20.1 Å². The van der Waals surface area contributed by atoms with E-state index in [2.05, 4.69) is 0 Å². The number of aromatic nitrogens is 1. The first-order valence-corrected chi connectivity index (χ1v) is 12.1. The summed E-state index contributed by atoms with van der Waals surface area (Å²) in [6.45, 7) is 5.76. The van der Waals surface area contributed by atoms with Gasteiger partial charge in [0.2, 0.25) is 11.8 Å². The maximum Gasteiger partial charge on any atom is 0.277 e. The van der Waals surface area contributed by atoms with Crippen molar-refractivity contribution in [2.45, 2.75) is 46.3 Å². The second kappa shape index (κ2) is 10.2. The van der Waals surface area contributed by atoms with Gasteiger partial charge < -0.3 is 9.84 Å². The number of benzene rings is 2. The van der Waals surface area contributed by atoms with Gasteiger partial charge in [0, 0.05) is 30.3 Å². The number of carbonyl (C=O) groups is 2. The number of aliphatic hydroxyl groups is 1. The Morgan fingerprint density at radius 3 is 2.42 bits per heavy atom. The van der Waals surface area contributed by atoms with Gasteiger partial charge in [-0.2, -0.15) is 0 Å². The molecule has 38 heavy (non-hydrogen) atoms. The molecule has 3 aromatic rings. The molecular weight excluding hydrogens is 520 g/mol. The van der Waals surface area contributed by atoms with Gasteiger partial charge in [-0.05, 0) is 51.1 Å². The average molecular weight is 546 g/mol. The maximum atomic E-state index is 14.0. The maximum absolute atomic E-state index is 14.0. The van der Waals surface area contributed by atoms with Gasteiger partial charge in [0.25, 0.3) is 5.56 Å². The minimum atomic E-state index is -1.26. The van der Waals surface area contributed by atoms with Gasteiger partial charge in [0.15, 0.2) is 0 Å². The predicted octanol–water partition coefficient (Wildman–Crippen LogP) is 4.47. The number of aryl methyl sites for hydroxylation is 1. The highest BCUT2D eigenvalue weighted by atomic mass is 35.5. The van der Waals surface area contributed by atoms with Crippen LogP contribution in [0.2, 0.25) is 5.02 Å². The lowest BCUT2D eigenvalue weighted by atomic mass is 10.0. The number of fused-ring (bicyclic) bond motifs is 1. The van der Waals surface area contributed by atoms with Crippen LogP contribution >= 0.6 is 11.6 Å². The highest BCUT2D eigenvalue weighted by Crippen LogP contribution is 2.39. The number of carbonyl (C=O) groups excluding carboxylic acids is 2. The van der Waals surface area contributed by atoms with Crippen LogP contribution in [0.3, 0.4) is 0 Å². The lowest BCUT2D eigenvalue weighted by molar-refractivity contribution is -0.122. The van der Waals surface area contributed by atoms with Crippen molar-refractivity contribution in [1.29, 1.82) is 0 Å². The number of pyridine rings is 1. The van der Waals surface area contributed by atoms with Crippen molar-refractivity contribution in [3.63, 3.8) is 0 Å². The summed E-state index contributed by atoms with van der Waals surface area (Å²) in [5.74, 6) is -2.14. The zero-order valence-electron chi connectivity index (χ0n) is 21.2. The summed E-state index contributed by atoms with van der Waals surface area (Å²) in [5.41, 5.74) is -0.0669. The molecule has 1 aliphatic rings. The average Bonchev–Trinajstić information content (AvgIpc) is 3.20. The number of hydrogen-bond acceptors (Lipinski definition) is 5. The lowest BCUT2D eigenvalue weighted by Gasteiger charge is -2.23. The first-order chi connectivity index (χ1) is 17.8. The number of rotatable bonds is 6. The van der Waals surface area contributed by atoms with Crippen LogP contribution in [-0.2, 0) is 16.2 Å².